The molecule has 1 atom stereocenters. The lowest BCUT2D eigenvalue weighted by Crippen LogP contribution is -2.18. The molecule has 3 heteroatoms. The number of rotatable bonds is 2. The van der Waals surface area contributed by atoms with E-state index in [0.717, 1.165) is 12.0 Å². The van der Waals surface area contributed by atoms with Gasteiger partial charge in [0, 0.05) is 0 Å². The minimum atomic E-state index is -0.542. The van der Waals surface area contributed by atoms with Crippen molar-refractivity contribution in [3.63, 3.8) is 0 Å². The van der Waals surface area contributed by atoms with Crippen molar-refractivity contribution in [3.05, 3.63) is 65.5 Å². The molecule has 22 heavy (non-hydrogen) atoms. The summed E-state index contributed by atoms with van der Waals surface area (Å²) in [5.74, 6) is -0.760. The van der Waals surface area contributed by atoms with Gasteiger partial charge in [0.15, 0.2) is 11.6 Å². The highest BCUT2D eigenvalue weighted by molar-refractivity contribution is 5.34. The van der Waals surface area contributed by atoms with Crippen molar-refractivity contribution in [1.29, 1.82) is 0 Å². The number of aromatic hydroxyl groups is 1. The molecule has 1 fully saturated rings. The first-order chi connectivity index (χ1) is 10.5. The van der Waals surface area contributed by atoms with E-state index in [-0.39, 0.29) is 5.75 Å². The molecule has 1 N–H and O–H groups in total. The molecule has 2 rings (SSSR count). The fraction of sp³-hybridized carbons (Fsp3) is 0.368. The van der Waals surface area contributed by atoms with Gasteiger partial charge in [0.1, 0.15) is 0 Å². The Morgan fingerprint density at radius 2 is 2.18 bits per heavy atom. The standard InChI is InChI=1S/C11H16O.C8H9FO/c1-4-5-6-11-7-10(3)12-8-9(11)2;1-2-6-4-3-5-7(9)8(6)10/h4-6,10H,2,7-8H2,1,3H3;3-5,10H,2H2,1H3/b5-4-,11-6-;/t10-;/m0./s1. The Labute approximate surface area is 132 Å². The molecule has 0 unspecified atom stereocenters. The van der Waals surface area contributed by atoms with E-state index in [4.69, 9.17) is 9.84 Å². The molecule has 1 heterocycles. The molecule has 1 aliphatic heterocycles. The van der Waals surface area contributed by atoms with E-state index in [0.29, 0.717) is 24.7 Å². The van der Waals surface area contributed by atoms with Crippen LogP contribution in [0.1, 0.15) is 32.8 Å². The van der Waals surface area contributed by atoms with Gasteiger partial charge in [0.05, 0.1) is 12.7 Å². The molecule has 0 bridgehead atoms. The van der Waals surface area contributed by atoms with Gasteiger partial charge in [-0.15, -0.1) is 0 Å². The third-order valence-electron chi connectivity index (χ3n) is 3.44. The maximum Gasteiger partial charge on any atom is 0.165 e. The minimum Gasteiger partial charge on any atom is -0.505 e. The van der Waals surface area contributed by atoms with Gasteiger partial charge in [0.25, 0.3) is 0 Å². The first-order valence-corrected chi connectivity index (χ1v) is 7.57. The van der Waals surface area contributed by atoms with E-state index in [2.05, 4.69) is 25.7 Å². The number of phenols is 1. The van der Waals surface area contributed by atoms with Crippen LogP contribution in [0.4, 0.5) is 4.39 Å². The highest BCUT2D eigenvalue weighted by atomic mass is 19.1. The van der Waals surface area contributed by atoms with E-state index < -0.39 is 5.82 Å². The van der Waals surface area contributed by atoms with Gasteiger partial charge in [-0.25, -0.2) is 4.39 Å². The van der Waals surface area contributed by atoms with Crippen molar-refractivity contribution in [2.24, 2.45) is 0 Å². The Morgan fingerprint density at radius 1 is 1.45 bits per heavy atom. The fourth-order valence-electron chi connectivity index (χ4n) is 2.09. The monoisotopic (exact) mass is 304 g/mol. The predicted octanol–water partition coefficient (Wildman–Crippen LogP) is 4.95. The zero-order chi connectivity index (χ0) is 16.5. The zero-order valence-electron chi connectivity index (χ0n) is 13.6. The Hall–Kier alpha value is -1.87. The molecular weight excluding hydrogens is 279 g/mol. The third-order valence-corrected chi connectivity index (χ3v) is 3.44. The lowest BCUT2D eigenvalue weighted by molar-refractivity contribution is 0.0712. The molecule has 1 saturated heterocycles. The van der Waals surface area contributed by atoms with Gasteiger partial charge in [0.2, 0.25) is 0 Å². The first-order valence-electron chi connectivity index (χ1n) is 7.57. The van der Waals surface area contributed by atoms with Crippen LogP contribution in [0, 0.1) is 5.82 Å². The second-order valence-corrected chi connectivity index (χ2v) is 5.25. The molecule has 1 aliphatic rings. The number of para-hydroxylation sites is 1. The number of ether oxygens (including phenoxy) is 1. The molecular formula is C19H25FO2. The van der Waals surface area contributed by atoms with Crippen molar-refractivity contribution in [3.8, 4) is 5.75 Å². The smallest absolute Gasteiger partial charge is 0.165 e. The Kier molecular flexibility index (Phi) is 7.61. The minimum absolute atomic E-state index is 0.218. The van der Waals surface area contributed by atoms with E-state index in [1.807, 2.05) is 19.9 Å². The summed E-state index contributed by atoms with van der Waals surface area (Å²) in [6.45, 7) is 10.6. The average Bonchev–Trinajstić information content (AvgIpc) is 2.51. The summed E-state index contributed by atoms with van der Waals surface area (Å²) >= 11 is 0. The summed E-state index contributed by atoms with van der Waals surface area (Å²) in [6.07, 6.45) is 8.19. The number of phenolic OH excluding ortho intramolecular Hbond substituents is 1. The molecule has 1 aromatic rings. The van der Waals surface area contributed by atoms with E-state index in [1.165, 1.54) is 11.6 Å². The number of hydrogen-bond acceptors (Lipinski definition) is 2. The van der Waals surface area contributed by atoms with Crippen molar-refractivity contribution in [2.45, 2.75) is 39.7 Å². The topological polar surface area (TPSA) is 29.5 Å². The molecule has 0 saturated carbocycles. The van der Waals surface area contributed by atoms with Gasteiger partial charge in [-0.1, -0.05) is 43.9 Å². The Morgan fingerprint density at radius 3 is 2.77 bits per heavy atom. The van der Waals surface area contributed by atoms with Crippen molar-refractivity contribution < 1.29 is 14.2 Å². The lowest BCUT2D eigenvalue weighted by Gasteiger charge is -2.23. The largest absolute Gasteiger partial charge is 0.505 e. The van der Waals surface area contributed by atoms with Crippen LogP contribution in [0.15, 0.2) is 54.2 Å². The summed E-state index contributed by atoms with van der Waals surface area (Å²) in [5.41, 5.74) is 3.10. The molecule has 0 spiro atoms. The molecule has 0 radical (unpaired) electrons. The van der Waals surface area contributed by atoms with Crippen molar-refractivity contribution in [2.75, 3.05) is 6.61 Å². The number of halogens is 1. The van der Waals surface area contributed by atoms with Crippen LogP contribution in [0.3, 0.4) is 0 Å². The molecule has 0 amide bonds. The number of aryl methyl sites for hydroxylation is 1. The summed E-state index contributed by atoms with van der Waals surface area (Å²) < 4.78 is 18.0. The first kappa shape index (κ1) is 18.2. The van der Waals surface area contributed by atoms with Gasteiger partial charge in [-0.2, -0.15) is 0 Å². The highest BCUT2D eigenvalue weighted by Crippen LogP contribution is 2.22. The van der Waals surface area contributed by atoms with Crippen LogP contribution < -0.4 is 0 Å². The zero-order valence-corrected chi connectivity index (χ0v) is 13.6. The second kappa shape index (κ2) is 9.21. The molecule has 2 nitrogen and oxygen atoms in total. The van der Waals surface area contributed by atoms with Crippen LogP contribution in [0.2, 0.25) is 0 Å². The Bertz CT molecular complexity index is 559. The lowest BCUT2D eigenvalue weighted by atomic mass is 9.99. The predicted molar refractivity (Wildman–Crippen MR) is 89.5 cm³/mol. The van der Waals surface area contributed by atoms with Gasteiger partial charge >= 0.3 is 0 Å². The maximum absolute atomic E-state index is 12.5. The molecule has 1 aromatic carbocycles. The second-order valence-electron chi connectivity index (χ2n) is 5.25. The fourth-order valence-corrected chi connectivity index (χ4v) is 2.09. The molecule has 0 aliphatic carbocycles. The summed E-state index contributed by atoms with van der Waals surface area (Å²) in [7, 11) is 0. The molecule has 0 aromatic heterocycles. The SMILES string of the molecule is C=C1CO[C@@H](C)C/C1=C/C=C\C.CCc1cccc(F)c1O. The maximum atomic E-state index is 12.5. The van der Waals surface area contributed by atoms with Gasteiger partial charge < -0.3 is 9.84 Å². The number of benzene rings is 1. The van der Waals surface area contributed by atoms with E-state index in [9.17, 15) is 4.39 Å². The summed E-state index contributed by atoms with van der Waals surface area (Å²) in [6, 6.07) is 4.54. The molecule has 120 valence electrons. The van der Waals surface area contributed by atoms with Gasteiger partial charge in [-0.05, 0) is 49.5 Å². The summed E-state index contributed by atoms with van der Waals surface area (Å²) in [5, 5.41) is 9.02. The van der Waals surface area contributed by atoms with Crippen LogP contribution in [0.25, 0.3) is 0 Å². The van der Waals surface area contributed by atoms with Crippen LogP contribution >= 0.6 is 0 Å². The van der Waals surface area contributed by atoms with Crippen LogP contribution in [-0.2, 0) is 11.2 Å². The van der Waals surface area contributed by atoms with Crippen LogP contribution in [-0.4, -0.2) is 17.8 Å². The number of hydrogen-bond donors (Lipinski definition) is 1. The van der Waals surface area contributed by atoms with E-state index >= 15 is 0 Å². The quantitative estimate of drug-likeness (QED) is 0.838. The summed E-state index contributed by atoms with van der Waals surface area (Å²) in [4.78, 5) is 0. The van der Waals surface area contributed by atoms with Crippen molar-refractivity contribution >= 4 is 0 Å². The third kappa shape index (κ3) is 5.49. The number of allylic oxidation sites excluding steroid dienone is 3. The van der Waals surface area contributed by atoms with Gasteiger partial charge in [-0.3, -0.25) is 0 Å². The van der Waals surface area contributed by atoms with Crippen molar-refractivity contribution in [1.82, 2.24) is 0 Å². The highest BCUT2D eigenvalue weighted by Gasteiger charge is 2.15. The van der Waals surface area contributed by atoms with Crippen LogP contribution in [0.5, 0.6) is 5.75 Å². The Balaban J connectivity index is 0.000000224. The van der Waals surface area contributed by atoms with E-state index in [1.54, 1.807) is 12.1 Å². The average molecular weight is 304 g/mol. The normalized spacial score (nSPS) is 20.1.